The normalized spacial score (nSPS) is 15.5. The van der Waals surface area contributed by atoms with Gasteiger partial charge in [-0.25, -0.2) is 4.98 Å². The van der Waals surface area contributed by atoms with E-state index in [1.54, 1.807) is 6.20 Å². The molecule has 6 heteroatoms. The van der Waals surface area contributed by atoms with E-state index in [1.165, 1.54) is 5.69 Å². The Kier molecular flexibility index (Phi) is 4.11. The number of amides is 1. The summed E-state index contributed by atoms with van der Waals surface area (Å²) in [5.74, 6) is -0.198. The minimum Gasteiger partial charge on any atom is -0.369 e. The zero-order valence-corrected chi connectivity index (χ0v) is 14.2. The molecule has 3 aromatic rings. The first kappa shape index (κ1) is 15.7. The fourth-order valence-electron chi connectivity index (χ4n) is 3.06. The highest BCUT2D eigenvalue weighted by Crippen LogP contribution is 2.19. The molecule has 0 radical (unpaired) electrons. The van der Waals surface area contributed by atoms with Crippen molar-refractivity contribution < 1.29 is 4.79 Å². The Balaban J connectivity index is 1.44. The second-order valence-corrected chi connectivity index (χ2v) is 6.38. The standard InChI is InChI=1S/C19H21N5O/c1-22-10-12-23(13-11-22)16-7-5-15(6-8-16)20-19(25)17-14-24-9-3-2-4-18(24)21-17/h2-9,14H,10-13H2,1H3,(H,20,25). The maximum atomic E-state index is 12.4. The lowest BCUT2D eigenvalue weighted by atomic mass is 10.2. The van der Waals surface area contributed by atoms with Crippen molar-refractivity contribution in [1.82, 2.24) is 14.3 Å². The molecule has 128 valence electrons. The summed E-state index contributed by atoms with van der Waals surface area (Å²) in [7, 11) is 2.15. The van der Waals surface area contributed by atoms with Crippen LogP contribution in [0.3, 0.4) is 0 Å². The highest BCUT2D eigenvalue weighted by molar-refractivity contribution is 6.03. The van der Waals surface area contributed by atoms with Crippen LogP contribution in [0.5, 0.6) is 0 Å². The van der Waals surface area contributed by atoms with Crippen molar-refractivity contribution in [2.45, 2.75) is 0 Å². The molecular formula is C19H21N5O. The number of piperazine rings is 1. The van der Waals surface area contributed by atoms with Crippen molar-refractivity contribution >= 4 is 22.9 Å². The number of hydrogen-bond acceptors (Lipinski definition) is 4. The van der Waals surface area contributed by atoms with Crippen molar-refractivity contribution in [2.24, 2.45) is 0 Å². The molecule has 0 atom stereocenters. The van der Waals surface area contributed by atoms with Crippen molar-refractivity contribution in [1.29, 1.82) is 0 Å². The zero-order valence-electron chi connectivity index (χ0n) is 14.2. The molecule has 25 heavy (non-hydrogen) atoms. The Morgan fingerprint density at radius 3 is 2.52 bits per heavy atom. The van der Waals surface area contributed by atoms with E-state index in [4.69, 9.17) is 0 Å². The first-order chi connectivity index (χ1) is 12.2. The lowest BCUT2D eigenvalue weighted by molar-refractivity contribution is 0.102. The average molecular weight is 335 g/mol. The predicted molar refractivity (Wildman–Crippen MR) is 99.3 cm³/mol. The fraction of sp³-hybridized carbons (Fsp3) is 0.263. The maximum Gasteiger partial charge on any atom is 0.275 e. The maximum absolute atomic E-state index is 12.4. The van der Waals surface area contributed by atoms with E-state index in [1.807, 2.05) is 40.9 Å². The molecule has 1 saturated heterocycles. The number of pyridine rings is 1. The van der Waals surface area contributed by atoms with E-state index in [2.05, 4.69) is 39.3 Å². The van der Waals surface area contributed by atoms with Crippen LogP contribution in [0.2, 0.25) is 0 Å². The predicted octanol–water partition coefficient (Wildman–Crippen LogP) is 2.34. The van der Waals surface area contributed by atoms with Gasteiger partial charge in [0.15, 0.2) is 0 Å². The second-order valence-electron chi connectivity index (χ2n) is 6.38. The van der Waals surface area contributed by atoms with Gasteiger partial charge in [0.1, 0.15) is 11.3 Å². The molecule has 1 fully saturated rings. The number of rotatable bonds is 3. The number of carbonyl (C=O) groups is 1. The van der Waals surface area contributed by atoms with Gasteiger partial charge in [-0.3, -0.25) is 4.79 Å². The van der Waals surface area contributed by atoms with Gasteiger partial charge in [0.2, 0.25) is 0 Å². The zero-order chi connectivity index (χ0) is 17.2. The van der Waals surface area contributed by atoms with Crippen LogP contribution in [0.25, 0.3) is 5.65 Å². The molecule has 0 aliphatic carbocycles. The Bertz CT molecular complexity index is 845. The lowest BCUT2D eigenvalue weighted by Gasteiger charge is -2.34. The van der Waals surface area contributed by atoms with E-state index in [9.17, 15) is 4.79 Å². The minimum atomic E-state index is -0.198. The van der Waals surface area contributed by atoms with Crippen molar-refractivity contribution in [2.75, 3.05) is 43.4 Å². The molecule has 1 N–H and O–H groups in total. The summed E-state index contributed by atoms with van der Waals surface area (Å²) < 4.78 is 1.84. The van der Waals surface area contributed by atoms with E-state index in [0.29, 0.717) is 5.69 Å². The number of imidazole rings is 1. The molecule has 1 aromatic carbocycles. The van der Waals surface area contributed by atoms with Crippen molar-refractivity contribution in [3.05, 3.63) is 60.6 Å². The molecule has 1 aliphatic rings. The molecule has 1 aliphatic heterocycles. The van der Waals surface area contributed by atoms with Gasteiger partial charge in [-0.15, -0.1) is 0 Å². The van der Waals surface area contributed by atoms with Gasteiger partial charge >= 0.3 is 0 Å². The van der Waals surface area contributed by atoms with E-state index in [0.717, 1.165) is 37.5 Å². The quantitative estimate of drug-likeness (QED) is 0.798. The van der Waals surface area contributed by atoms with Crippen LogP contribution < -0.4 is 10.2 Å². The Labute approximate surface area is 146 Å². The summed E-state index contributed by atoms with van der Waals surface area (Å²) in [6.07, 6.45) is 3.62. The summed E-state index contributed by atoms with van der Waals surface area (Å²) in [4.78, 5) is 21.5. The van der Waals surface area contributed by atoms with Gasteiger partial charge in [0.05, 0.1) is 0 Å². The largest absolute Gasteiger partial charge is 0.369 e. The number of likely N-dealkylation sites (N-methyl/N-ethyl adjacent to an activating group) is 1. The molecule has 0 unspecified atom stereocenters. The van der Waals surface area contributed by atoms with E-state index < -0.39 is 0 Å². The molecule has 0 bridgehead atoms. The third-order valence-corrected chi connectivity index (χ3v) is 4.59. The molecule has 1 amide bonds. The van der Waals surface area contributed by atoms with E-state index >= 15 is 0 Å². The van der Waals surface area contributed by atoms with Crippen LogP contribution in [0, 0.1) is 0 Å². The molecule has 2 aromatic heterocycles. The SMILES string of the molecule is CN1CCN(c2ccc(NC(=O)c3cn4ccccc4n3)cc2)CC1. The number of nitrogens with one attached hydrogen (secondary N) is 1. The fourth-order valence-corrected chi connectivity index (χ4v) is 3.06. The van der Waals surface area contributed by atoms with Gasteiger partial charge < -0.3 is 19.5 Å². The lowest BCUT2D eigenvalue weighted by Crippen LogP contribution is -2.44. The summed E-state index contributed by atoms with van der Waals surface area (Å²) >= 11 is 0. The van der Waals surface area contributed by atoms with Crippen LogP contribution in [0.1, 0.15) is 10.5 Å². The number of nitrogens with zero attached hydrogens (tertiary/aromatic N) is 4. The molecule has 0 spiro atoms. The Hall–Kier alpha value is -2.86. The van der Waals surface area contributed by atoms with Crippen LogP contribution in [0.15, 0.2) is 54.9 Å². The molecular weight excluding hydrogens is 314 g/mol. The minimum absolute atomic E-state index is 0.198. The van der Waals surface area contributed by atoms with E-state index in [-0.39, 0.29) is 5.91 Å². The number of anilines is 2. The summed E-state index contributed by atoms with van der Waals surface area (Å²) in [5.41, 5.74) is 3.14. The number of benzene rings is 1. The molecule has 6 nitrogen and oxygen atoms in total. The Morgan fingerprint density at radius 2 is 1.80 bits per heavy atom. The number of aromatic nitrogens is 2. The van der Waals surface area contributed by atoms with Crippen molar-refractivity contribution in [3.63, 3.8) is 0 Å². The summed E-state index contributed by atoms with van der Waals surface area (Å²) in [6, 6.07) is 13.7. The second kappa shape index (κ2) is 6.57. The summed E-state index contributed by atoms with van der Waals surface area (Å²) in [6.45, 7) is 4.21. The topological polar surface area (TPSA) is 52.9 Å². The number of hydrogen-bond donors (Lipinski definition) is 1. The molecule has 3 heterocycles. The monoisotopic (exact) mass is 335 g/mol. The highest BCUT2D eigenvalue weighted by atomic mass is 16.1. The molecule has 0 saturated carbocycles. The van der Waals surface area contributed by atoms with Crippen LogP contribution in [0.4, 0.5) is 11.4 Å². The third kappa shape index (κ3) is 3.34. The highest BCUT2D eigenvalue weighted by Gasteiger charge is 2.15. The van der Waals surface area contributed by atoms with Gasteiger partial charge in [-0.1, -0.05) is 6.07 Å². The average Bonchev–Trinajstić information content (AvgIpc) is 3.07. The van der Waals surface area contributed by atoms with Gasteiger partial charge in [-0.2, -0.15) is 0 Å². The smallest absolute Gasteiger partial charge is 0.275 e. The first-order valence-corrected chi connectivity index (χ1v) is 8.48. The van der Waals surface area contributed by atoms with Crippen LogP contribution >= 0.6 is 0 Å². The van der Waals surface area contributed by atoms with Gasteiger partial charge in [0.25, 0.3) is 5.91 Å². The van der Waals surface area contributed by atoms with Gasteiger partial charge in [-0.05, 0) is 43.4 Å². The number of fused-ring (bicyclic) bond motifs is 1. The van der Waals surface area contributed by atoms with Crippen molar-refractivity contribution in [3.8, 4) is 0 Å². The van der Waals surface area contributed by atoms with Crippen LogP contribution in [-0.2, 0) is 0 Å². The first-order valence-electron chi connectivity index (χ1n) is 8.48. The third-order valence-electron chi connectivity index (χ3n) is 4.59. The van der Waals surface area contributed by atoms with Gasteiger partial charge in [0, 0.05) is 49.9 Å². The Morgan fingerprint density at radius 1 is 1.04 bits per heavy atom. The number of carbonyl (C=O) groups excluding carboxylic acids is 1. The van der Waals surface area contributed by atoms with Crippen LogP contribution in [-0.4, -0.2) is 53.4 Å². The summed E-state index contributed by atoms with van der Waals surface area (Å²) in [5, 5.41) is 2.91. The molecule has 4 rings (SSSR count).